The minimum absolute atomic E-state index is 0.190. The van der Waals surface area contributed by atoms with E-state index in [-0.39, 0.29) is 58.8 Å². The fraction of sp³-hybridized carbons (Fsp3) is 0.391. The quantitative estimate of drug-likeness (QED) is 0.202. The molecule has 4 aliphatic heterocycles. The third kappa shape index (κ3) is 9.57. The molecule has 2 spiro atoms. The molecular weight excluding hydrogens is 775 g/mol. The van der Waals surface area contributed by atoms with Crippen LogP contribution in [0.1, 0.15) is 78.2 Å². The van der Waals surface area contributed by atoms with Crippen LogP contribution in [-0.4, -0.2) is 111 Å². The monoisotopic (exact) mass is 822 g/mol. The number of rotatable bonds is 11. The topological polar surface area (TPSA) is 136 Å². The van der Waals surface area contributed by atoms with Gasteiger partial charge in [0, 0.05) is 87.2 Å². The van der Waals surface area contributed by atoms with Crippen molar-refractivity contribution in [2.45, 2.75) is 50.1 Å². The van der Waals surface area contributed by atoms with E-state index in [9.17, 15) is 28.0 Å². The summed E-state index contributed by atoms with van der Waals surface area (Å²) in [5.74, 6) is -3.50. The molecule has 4 aliphatic rings. The number of nitrogens with one attached hydrogen (secondary N) is 2. The van der Waals surface area contributed by atoms with Crippen molar-refractivity contribution in [2.75, 3.05) is 65.7 Å². The van der Waals surface area contributed by atoms with E-state index in [2.05, 4.69) is 10.6 Å². The maximum absolute atomic E-state index is 14.3. The van der Waals surface area contributed by atoms with Gasteiger partial charge in [-0.15, -0.1) is 0 Å². The van der Waals surface area contributed by atoms with Crippen LogP contribution in [0.25, 0.3) is 11.1 Å². The molecule has 0 aromatic heterocycles. The van der Waals surface area contributed by atoms with E-state index in [1.807, 2.05) is 0 Å². The average molecular weight is 823 g/mol. The normalized spacial score (nSPS) is 18.2. The smallest absolute Gasteiger partial charge is 0.253 e. The van der Waals surface area contributed by atoms with Gasteiger partial charge in [0.05, 0.1) is 26.4 Å². The summed E-state index contributed by atoms with van der Waals surface area (Å²) < 4.78 is 50.5. The van der Waals surface area contributed by atoms with Crippen LogP contribution < -0.4 is 10.6 Å². The summed E-state index contributed by atoms with van der Waals surface area (Å²) in [4.78, 5) is 59.5. The van der Waals surface area contributed by atoms with Crippen LogP contribution in [-0.2, 0) is 31.8 Å². The summed E-state index contributed by atoms with van der Waals surface area (Å²) in [5.41, 5.74) is 3.55. The third-order valence-corrected chi connectivity index (χ3v) is 11.7. The maximum Gasteiger partial charge on any atom is 0.253 e. The minimum atomic E-state index is -0.686. The van der Waals surface area contributed by atoms with Gasteiger partial charge < -0.3 is 39.4 Å². The van der Waals surface area contributed by atoms with Crippen molar-refractivity contribution in [3.8, 4) is 11.1 Å². The lowest BCUT2D eigenvalue weighted by Gasteiger charge is -2.38. The Kier molecular flexibility index (Phi) is 12.3. The Morgan fingerprint density at radius 1 is 0.500 bits per heavy atom. The van der Waals surface area contributed by atoms with Gasteiger partial charge >= 0.3 is 0 Å². The first-order valence-electron chi connectivity index (χ1n) is 20.6. The van der Waals surface area contributed by atoms with Crippen molar-refractivity contribution in [3.63, 3.8) is 0 Å². The van der Waals surface area contributed by atoms with Crippen molar-refractivity contribution in [1.82, 2.24) is 20.4 Å². The molecule has 4 amide bonds. The molecule has 0 aliphatic carbocycles. The summed E-state index contributed by atoms with van der Waals surface area (Å²) >= 11 is 0. The third-order valence-electron chi connectivity index (χ3n) is 11.7. The van der Waals surface area contributed by atoms with Crippen LogP contribution in [0.5, 0.6) is 0 Å². The molecule has 0 atom stereocenters. The van der Waals surface area contributed by atoms with Gasteiger partial charge in [0.15, 0.2) is 11.6 Å². The van der Waals surface area contributed by atoms with Crippen LogP contribution in [0, 0.1) is 11.6 Å². The maximum atomic E-state index is 14.3. The standard InChI is InChI=1S/C46H48F2N4O8/c47-39-5-1-31(2-6-39)9-15-49-41(53)35-25-33(26-36(29-35)42(54)50-16-10-32-3-7-40(48)8-4-32)34-27-37(43(55)51-17-11-45(12-18-51)57-21-22-58-45)30-38(28-34)44(56)52-19-13-46(14-20-52)59-23-24-60-46/h1-8,25-30H,9-24H2,(H,49,53)(H,50,54). The predicted molar refractivity (Wildman–Crippen MR) is 216 cm³/mol. The SMILES string of the molecule is O=C(NCCc1ccc(F)cc1)c1cc(C(=O)NCCc2ccc(F)cc2)cc(-c2cc(C(=O)N3CCC4(CC3)OCCO4)cc(C(=O)N3CCC4(CC3)OCCO4)c2)c1. The number of likely N-dealkylation sites (tertiary alicyclic amines) is 2. The molecule has 12 nitrogen and oxygen atoms in total. The first-order chi connectivity index (χ1) is 29.1. The second kappa shape index (κ2) is 18.0. The molecule has 2 N–H and O–H groups in total. The Morgan fingerprint density at radius 3 is 1.20 bits per heavy atom. The lowest BCUT2D eigenvalue weighted by molar-refractivity contribution is -0.182. The van der Waals surface area contributed by atoms with Gasteiger partial charge in [-0.1, -0.05) is 24.3 Å². The first-order valence-corrected chi connectivity index (χ1v) is 20.6. The molecule has 314 valence electrons. The Morgan fingerprint density at radius 2 is 0.833 bits per heavy atom. The highest BCUT2D eigenvalue weighted by molar-refractivity contribution is 6.04. The van der Waals surface area contributed by atoms with E-state index in [4.69, 9.17) is 18.9 Å². The number of nitrogens with zero attached hydrogens (tertiary/aromatic N) is 2. The molecule has 0 bridgehead atoms. The van der Waals surface area contributed by atoms with Crippen LogP contribution in [0.4, 0.5) is 8.78 Å². The zero-order valence-corrected chi connectivity index (χ0v) is 33.3. The van der Waals surface area contributed by atoms with Gasteiger partial charge in [-0.2, -0.15) is 0 Å². The predicted octanol–water partition coefficient (Wildman–Crippen LogP) is 5.54. The molecule has 14 heteroatoms. The fourth-order valence-corrected chi connectivity index (χ4v) is 8.28. The first kappa shape index (κ1) is 41.2. The number of amides is 4. The number of benzene rings is 4. The van der Waals surface area contributed by atoms with E-state index in [1.54, 1.807) is 64.4 Å². The van der Waals surface area contributed by atoms with E-state index in [1.165, 1.54) is 30.3 Å². The zero-order chi connectivity index (χ0) is 41.7. The number of halogens is 2. The Bertz CT molecular complexity index is 2050. The molecule has 4 aromatic carbocycles. The number of hydrogen-bond donors (Lipinski definition) is 2. The number of hydrogen-bond acceptors (Lipinski definition) is 8. The zero-order valence-electron chi connectivity index (χ0n) is 33.3. The molecule has 0 saturated carbocycles. The van der Waals surface area contributed by atoms with E-state index in [0.717, 1.165) is 11.1 Å². The Labute approximate surface area is 347 Å². The molecular formula is C46H48F2N4O8. The summed E-state index contributed by atoms with van der Waals surface area (Å²) in [6.07, 6.45) is 2.96. The second-order valence-electron chi connectivity index (χ2n) is 15.7. The average Bonchev–Trinajstić information content (AvgIpc) is 3.94. The molecule has 0 unspecified atom stereocenters. The van der Waals surface area contributed by atoms with Crippen molar-refractivity contribution in [3.05, 3.63) is 130 Å². The van der Waals surface area contributed by atoms with Gasteiger partial charge in [0.2, 0.25) is 0 Å². The van der Waals surface area contributed by atoms with Crippen molar-refractivity contribution >= 4 is 23.6 Å². The van der Waals surface area contributed by atoms with Gasteiger partial charge in [0.1, 0.15) is 11.6 Å². The molecule has 4 fully saturated rings. The lowest BCUT2D eigenvalue weighted by Crippen LogP contribution is -2.47. The highest BCUT2D eigenvalue weighted by atomic mass is 19.1. The fourth-order valence-electron chi connectivity index (χ4n) is 8.28. The van der Waals surface area contributed by atoms with Crippen molar-refractivity contribution < 1.29 is 46.9 Å². The number of carbonyl (C=O) groups is 4. The molecule has 60 heavy (non-hydrogen) atoms. The van der Waals surface area contributed by atoms with Crippen molar-refractivity contribution in [1.29, 1.82) is 0 Å². The summed E-state index contributed by atoms with van der Waals surface area (Å²) in [7, 11) is 0. The van der Waals surface area contributed by atoms with Gasteiger partial charge in [-0.05, 0) is 95.8 Å². The summed E-state index contributed by atoms with van der Waals surface area (Å²) in [6.45, 7) is 4.13. The van der Waals surface area contributed by atoms with Crippen molar-refractivity contribution in [2.24, 2.45) is 0 Å². The largest absolute Gasteiger partial charge is 0.352 e. The lowest BCUT2D eigenvalue weighted by atomic mass is 9.94. The van der Waals surface area contributed by atoms with Gasteiger partial charge in [0.25, 0.3) is 23.6 Å². The highest BCUT2D eigenvalue weighted by Gasteiger charge is 2.42. The van der Waals surface area contributed by atoms with Crippen LogP contribution >= 0.6 is 0 Å². The van der Waals surface area contributed by atoms with E-state index < -0.39 is 23.4 Å². The summed E-state index contributed by atoms with van der Waals surface area (Å²) in [5, 5.41) is 5.81. The Balaban J connectivity index is 1.09. The van der Waals surface area contributed by atoms with Crippen LogP contribution in [0.3, 0.4) is 0 Å². The van der Waals surface area contributed by atoms with E-state index >= 15 is 0 Å². The minimum Gasteiger partial charge on any atom is -0.352 e. The number of ether oxygens (including phenoxy) is 4. The summed E-state index contributed by atoms with van der Waals surface area (Å²) in [6, 6.07) is 21.8. The van der Waals surface area contributed by atoms with Crippen LogP contribution in [0.2, 0.25) is 0 Å². The molecule has 4 saturated heterocycles. The molecule has 4 heterocycles. The molecule has 8 rings (SSSR count). The van der Waals surface area contributed by atoms with Gasteiger partial charge in [-0.25, -0.2) is 8.78 Å². The van der Waals surface area contributed by atoms with Crippen LogP contribution in [0.15, 0.2) is 84.9 Å². The molecule has 4 aromatic rings. The highest BCUT2D eigenvalue weighted by Crippen LogP contribution is 2.35. The second-order valence-corrected chi connectivity index (χ2v) is 15.7. The van der Waals surface area contributed by atoms with Gasteiger partial charge in [-0.3, -0.25) is 19.2 Å². The molecule has 0 radical (unpaired) electrons. The number of piperidine rings is 2. The Hall–Kier alpha value is -5.54. The van der Waals surface area contributed by atoms with E-state index in [0.29, 0.717) is 102 Å². The number of carbonyl (C=O) groups excluding carboxylic acids is 4.